The summed E-state index contributed by atoms with van der Waals surface area (Å²) in [4.78, 5) is 19.9. The van der Waals surface area contributed by atoms with Gasteiger partial charge in [0.25, 0.3) is 0 Å². The second-order valence-electron chi connectivity index (χ2n) is 5.90. The molecule has 2 amide bonds. The molecule has 1 aliphatic rings. The monoisotopic (exact) mass is 328 g/mol. The number of urea groups is 1. The summed E-state index contributed by atoms with van der Waals surface area (Å²) in [6, 6.07) is 3.23. The summed E-state index contributed by atoms with van der Waals surface area (Å²) in [6.07, 6.45) is 5.99. The fourth-order valence-electron chi connectivity index (χ4n) is 2.60. The van der Waals surface area contributed by atoms with Gasteiger partial charge in [-0.15, -0.1) is 0 Å². The largest absolute Gasteiger partial charge is 0.455 e. The molecule has 2 atom stereocenters. The number of amides is 2. The molecule has 3 N–H and O–H groups in total. The molecule has 1 fully saturated rings. The third kappa shape index (κ3) is 3.62. The van der Waals surface area contributed by atoms with Gasteiger partial charge in [0.1, 0.15) is 17.3 Å². The number of aliphatic hydroxyl groups is 1. The molecule has 126 valence electrons. The quantitative estimate of drug-likeness (QED) is 0.783. The predicted molar refractivity (Wildman–Crippen MR) is 89.3 cm³/mol. The first-order valence-electron chi connectivity index (χ1n) is 7.79. The third-order valence-electron chi connectivity index (χ3n) is 4.00. The molecular formula is C17H20N4O3. The highest BCUT2D eigenvalue weighted by Gasteiger charge is 2.40. The number of carbonyl (C=O) groups is 1. The Morgan fingerprint density at radius 3 is 2.88 bits per heavy atom. The number of carbonyl (C=O) groups excluding carboxylic acids is 1. The van der Waals surface area contributed by atoms with E-state index < -0.39 is 0 Å². The Kier molecular flexibility index (Phi) is 4.61. The van der Waals surface area contributed by atoms with Gasteiger partial charge in [-0.1, -0.05) is 0 Å². The number of nitrogens with one attached hydrogen (secondary N) is 2. The summed E-state index contributed by atoms with van der Waals surface area (Å²) in [5.41, 5.74) is 1.92. The van der Waals surface area contributed by atoms with Crippen molar-refractivity contribution < 1.29 is 14.6 Å². The van der Waals surface area contributed by atoms with Gasteiger partial charge in [-0.2, -0.15) is 0 Å². The Hall–Kier alpha value is -2.67. The van der Waals surface area contributed by atoms with Crippen LogP contribution in [0, 0.1) is 12.8 Å². The molecule has 0 radical (unpaired) electrons. The molecule has 7 nitrogen and oxygen atoms in total. The maximum absolute atomic E-state index is 11.5. The maximum atomic E-state index is 11.5. The number of aliphatic hydroxyl groups excluding tert-OH is 1. The number of anilines is 1. The van der Waals surface area contributed by atoms with Crippen LogP contribution in [0.2, 0.25) is 0 Å². The van der Waals surface area contributed by atoms with Gasteiger partial charge in [0.15, 0.2) is 0 Å². The standard InChI is InChI=1S/C17H20N4O3/c1-10-3-12(7-19-6-10)24-15-5-16(21-17(23)18-2)20-8-14(15)13-4-11(13)9-22/h3,5-8,11,13,22H,4,9H2,1-2H3,(H2,18,20,21,23)/t11-,13+/m1/s1. The first kappa shape index (κ1) is 16.2. The van der Waals surface area contributed by atoms with Crippen LogP contribution in [0.3, 0.4) is 0 Å². The number of nitrogens with zero attached hydrogens (tertiary/aromatic N) is 2. The van der Waals surface area contributed by atoms with E-state index in [-0.39, 0.29) is 24.5 Å². The van der Waals surface area contributed by atoms with Crippen molar-refractivity contribution in [1.29, 1.82) is 0 Å². The minimum absolute atomic E-state index is 0.147. The minimum atomic E-state index is -0.349. The normalized spacial score (nSPS) is 18.8. The second kappa shape index (κ2) is 6.84. The summed E-state index contributed by atoms with van der Waals surface area (Å²) in [6.45, 7) is 2.09. The van der Waals surface area contributed by atoms with E-state index in [2.05, 4.69) is 20.6 Å². The molecule has 1 saturated carbocycles. The molecule has 3 rings (SSSR count). The molecule has 0 aromatic carbocycles. The summed E-state index contributed by atoms with van der Waals surface area (Å²) < 4.78 is 5.98. The van der Waals surface area contributed by atoms with E-state index in [1.54, 1.807) is 24.7 Å². The molecular weight excluding hydrogens is 308 g/mol. The number of aromatic nitrogens is 2. The molecule has 7 heteroatoms. The van der Waals surface area contributed by atoms with E-state index in [0.29, 0.717) is 17.3 Å². The first-order chi connectivity index (χ1) is 11.6. The molecule has 0 saturated heterocycles. The third-order valence-corrected chi connectivity index (χ3v) is 4.00. The van der Waals surface area contributed by atoms with E-state index in [0.717, 1.165) is 17.5 Å². The van der Waals surface area contributed by atoms with Crippen LogP contribution in [0.15, 0.2) is 30.7 Å². The zero-order valence-electron chi connectivity index (χ0n) is 13.6. The molecule has 0 unspecified atom stereocenters. The topological polar surface area (TPSA) is 96.4 Å². The van der Waals surface area contributed by atoms with Crippen LogP contribution >= 0.6 is 0 Å². The van der Waals surface area contributed by atoms with Crippen LogP contribution in [0.1, 0.15) is 23.5 Å². The highest BCUT2D eigenvalue weighted by molar-refractivity contribution is 5.88. The number of hydrogen-bond acceptors (Lipinski definition) is 5. The van der Waals surface area contributed by atoms with Crippen LogP contribution < -0.4 is 15.4 Å². The van der Waals surface area contributed by atoms with Gasteiger partial charge in [-0.25, -0.2) is 9.78 Å². The van der Waals surface area contributed by atoms with Crippen molar-refractivity contribution in [3.05, 3.63) is 41.9 Å². The van der Waals surface area contributed by atoms with E-state index >= 15 is 0 Å². The Labute approximate surface area is 140 Å². The number of ether oxygens (including phenoxy) is 1. The zero-order valence-corrected chi connectivity index (χ0v) is 13.6. The van der Waals surface area contributed by atoms with Gasteiger partial charge in [-0.3, -0.25) is 10.3 Å². The summed E-state index contributed by atoms with van der Waals surface area (Å²) >= 11 is 0. The predicted octanol–water partition coefficient (Wildman–Crippen LogP) is 2.42. The summed E-state index contributed by atoms with van der Waals surface area (Å²) in [5, 5.41) is 14.4. The van der Waals surface area contributed by atoms with Gasteiger partial charge in [-0.05, 0) is 36.8 Å². The van der Waals surface area contributed by atoms with E-state index in [9.17, 15) is 9.90 Å². The Balaban J connectivity index is 1.90. The summed E-state index contributed by atoms with van der Waals surface area (Å²) in [7, 11) is 1.54. The number of rotatable bonds is 5. The Morgan fingerprint density at radius 2 is 2.21 bits per heavy atom. The van der Waals surface area contributed by atoms with Crippen molar-refractivity contribution in [2.45, 2.75) is 19.3 Å². The van der Waals surface area contributed by atoms with Crippen molar-refractivity contribution in [3.63, 3.8) is 0 Å². The van der Waals surface area contributed by atoms with Gasteiger partial charge < -0.3 is 15.2 Å². The molecule has 2 aromatic heterocycles. The maximum Gasteiger partial charge on any atom is 0.320 e. The highest BCUT2D eigenvalue weighted by Crippen LogP contribution is 2.50. The lowest BCUT2D eigenvalue weighted by molar-refractivity contribution is 0.254. The fraction of sp³-hybridized carbons (Fsp3) is 0.353. The van der Waals surface area contributed by atoms with Crippen LogP contribution in [0.5, 0.6) is 11.5 Å². The summed E-state index contributed by atoms with van der Waals surface area (Å²) in [5.74, 6) is 2.10. The van der Waals surface area contributed by atoms with E-state index in [1.807, 2.05) is 13.0 Å². The molecule has 2 aromatic rings. The Bertz CT molecular complexity index is 750. The first-order valence-corrected chi connectivity index (χ1v) is 7.79. The lowest BCUT2D eigenvalue weighted by Gasteiger charge is -2.13. The lowest BCUT2D eigenvalue weighted by Crippen LogP contribution is -2.25. The zero-order chi connectivity index (χ0) is 17.1. The van der Waals surface area contributed by atoms with Crippen molar-refractivity contribution in [2.24, 2.45) is 5.92 Å². The van der Waals surface area contributed by atoms with Gasteiger partial charge >= 0.3 is 6.03 Å². The van der Waals surface area contributed by atoms with Crippen LogP contribution in [-0.2, 0) is 0 Å². The molecule has 1 aliphatic carbocycles. The average molecular weight is 328 g/mol. The molecule has 0 spiro atoms. The molecule has 0 bridgehead atoms. The fourth-order valence-corrected chi connectivity index (χ4v) is 2.60. The number of pyridine rings is 2. The SMILES string of the molecule is CNC(=O)Nc1cc(Oc2cncc(C)c2)c([C@H]2C[C@@H]2CO)cn1. The van der Waals surface area contributed by atoms with E-state index in [1.165, 1.54) is 7.05 Å². The van der Waals surface area contributed by atoms with Crippen molar-refractivity contribution in [2.75, 3.05) is 19.0 Å². The minimum Gasteiger partial charge on any atom is -0.455 e. The highest BCUT2D eigenvalue weighted by atomic mass is 16.5. The smallest absolute Gasteiger partial charge is 0.320 e. The van der Waals surface area contributed by atoms with Crippen molar-refractivity contribution in [3.8, 4) is 11.5 Å². The van der Waals surface area contributed by atoms with Crippen molar-refractivity contribution >= 4 is 11.8 Å². The van der Waals surface area contributed by atoms with Crippen LogP contribution in [-0.4, -0.2) is 34.8 Å². The average Bonchev–Trinajstić information content (AvgIpc) is 3.34. The van der Waals surface area contributed by atoms with E-state index in [4.69, 9.17) is 4.74 Å². The van der Waals surface area contributed by atoms with Gasteiger partial charge in [0, 0.05) is 37.7 Å². The molecule has 0 aliphatic heterocycles. The number of aryl methyl sites for hydroxylation is 1. The Morgan fingerprint density at radius 1 is 1.38 bits per heavy atom. The second-order valence-corrected chi connectivity index (χ2v) is 5.90. The van der Waals surface area contributed by atoms with Crippen LogP contribution in [0.25, 0.3) is 0 Å². The van der Waals surface area contributed by atoms with Gasteiger partial charge in [0.2, 0.25) is 0 Å². The molecule has 24 heavy (non-hydrogen) atoms. The van der Waals surface area contributed by atoms with Crippen molar-refractivity contribution in [1.82, 2.24) is 15.3 Å². The molecule has 2 heterocycles. The van der Waals surface area contributed by atoms with Gasteiger partial charge in [0.05, 0.1) is 6.20 Å². The lowest BCUT2D eigenvalue weighted by atomic mass is 10.1. The number of hydrogen-bond donors (Lipinski definition) is 3. The van der Waals surface area contributed by atoms with Crippen LogP contribution in [0.4, 0.5) is 10.6 Å².